The Morgan fingerprint density at radius 3 is 2.70 bits per heavy atom. The fourth-order valence-corrected chi connectivity index (χ4v) is 2.64. The second-order valence-electron chi connectivity index (χ2n) is 3.88. The molecule has 3 aliphatic carbocycles. The molecular formula is C8H12O2. The van der Waals surface area contributed by atoms with Crippen LogP contribution in [0.3, 0.4) is 0 Å². The minimum Gasteiger partial charge on any atom is -0.481 e. The van der Waals surface area contributed by atoms with Gasteiger partial charge in [-0.05, 0) is 37.0 Å². The highest BCUT2D eigenvalue weighted by Gasteiger charge is 2.50. The summed E-state index contributed by atoms with van der Waals surface area (Å²) in [5.74, 6) is 0.277. The highest BCUT2D eigenvalue weighted by atomic mass is 16.4. The summed E-state index contributed by atoms with van der Waals surface area (Å²) in [4.78, 5) is 10.4. The van der Waals surface area contributed by atoms with Crippen molar-refractivity contribution in [2.45, 2.75) is 32.1 Å². The van der Waals surface area contributed by atoms with Crippen LogP contribution in [0.25, 0.3) is 0 Å². The first-order chi connectivity index (χ1) is 4.70. The smallest absolute Gasteiger partial charge is 0.303 e. The molecule has 1 N–H and O–H groups in total. The first-order valence-corrected chi connectivity index (χ1v) is 3.92. The van der Waals surface area contributed by atoms with E-state index in [1.807, 2.05) is 0 Å². The standard InChI is InChI=1S/C8H12O2/c9-7(10)5-8-2-1-6(3-8)4-8/h6H,1-5H2,(H,9,10). The molecule has 0 saturated heterocycles. The first kappa shape index (κ1) is 6.20. The van der Waals surface area contributed by atoms with E-state index in [1.165, 1.54) is 25.7 Å². The van der Waals surface area contributed by atoms with Crippen molar-refractivity contribution in [3.63, 3.8) is 0 Å². The lowest BCUT2D eigenvalue weighted by Gasteiger charge is -2.36. The Labute approximate surface area is 60.2 Å². The van der Waals surface area contributed by atoms with Gasteiger partial charge in [0.25, 0.3) is 0 Å². The minimum atomic E-state index is -0.611. The summed E-state index contributed by atoms with van der Waals surface area (Å²) in [5, 5.41) is 8.56. The average molecular weight is 140 g/mol. The van der Waals surface area contributed by atoms with Crippen molar-refractivity contribution in [3.05, 3.63) is 0 Å². The van der Waals surface area contributed by atoms with Gasteiger partial charge in [0.1, 0.15) is 0 Å². The number of carboxylic acid groups (broad SMARTS) is 1. The molecule has 0 heterocycles. The van der Waals surface area contributed by atoms with Crippen molar-refractivity contribution in [3.8, 4) is 0 Å². The van der Waals surface area contributed by atoms with Crippen LogP contribution in [0, 0.1) is 11.3 Å². The van der Waals surface area contributed by atoms with Gasteiger partial charge >= 0.3 is 5.97 Å². The quantitative estimate of drug-likeness (QED) is 0.633. The van der Waals surface area contributed by atoms with Gasteiger partial charge in [-0.25, -0.2) is 0 Å². The number of aliphatic carboxylic acids is 1. The van der Waals surface area contributed by atoms with Crippen LogP contribution < -0.4 is 0 Å². The molecule has 3 rings (SSSR count). The number of rotatable bonds is 2. The minimum absolute atomic E-state index is 0.260. The van der Waals surface area contributed by atoms with Crippen LogP contribution in [0.5, 0.6) is 0 Å². The van der Waals surface area contributed by atoms with Gasteiger partial charge in [-0.15, -0.1) is 0 Å². The lowest BCUT2D eigenvalue weighted by atomic mass is 9.68. The van der Waals surface area contributed by atoms with E-state index in [0.29, 0.717) is 6.42 Å². The fourth-order valence-electron chi connectivity index (χ4n) is 2.64. The van der Waals surface area contributed by atoms with E-state index in [1.54, 1.807) is 0 Å². The maximum atomic E-state index is 10.4. The van der Waals surface area contributed by atoms with Gasteiger partial charge in [0.2, 0.25) is 0 Å². The van der Waals surface area contributed by atoms with Gasteiger partial charge < -0.3 is 5.11 Å². The summed E-state index contributed by atoms with van der Waals surface area (Å²) < 4.78 is 0. The first-order valence-electron chi connectivity index (χ1n) is 3.92. The van der Waals surface area contributed by atoms with Crippen molar-refractivity contribution < 1.29 is 9.90 Å². The maximum Gasteiger partial charge on any atom is 0.303 e. The van der Waals surface area contributed by atoms with Crippen LogP contribution in [0.4, 0.5) is 0 Å². The Morgan fingerprint density at radius 2 is 2.30 bits per heavy atom. The molecule has 0 unspecified atom stereocenters. The molecule has 0 radical (unpaired) electrons. The van der Waals surface area contributed by atoms with E-state index in [9.17, 15) is 4.79 Å². The van der Waals surface area contributed by atoms with Gasteiger partial charge in [-0.2, -0.15) is 0 Å². The second-order valence-corrected chi connectivity index (χ2v) is 3.88. The van der Waals surface area contributed by atoms with Gasteiger partial charge in [0.05, 0.1) is 6.42 Å². The summed E-state index contributed by atoms with van der Waals surface area (Å²) in [6.45, 7) is 0. The molecule has 56 valence electrons. The average Bonchev–Trinajstić information content (AvgIpc) is 2.18. The largest absolute Gasteiger partial charge is 0.481 e. The number of carbonyl (C=O) groups is 1. The molecule has 0 aromatic rings. The van der Waals surface area contributed by atoms with Crippen LogP contribution in [0.1, 0.15) is 32.1 Å². The van der Waals surface area contributed by atoms with E-state index in [2.05, 4.69) is 0 Å². The van der Waals surface area contributed by atoms with E-state index >= 15 is 0 Å². The summed E-state index contributed by atoms with van der Waals surface area (Å²) in [7, 11) is 0. The van der Waals surface area contributed by atoms with Crippen LogP contribution in [-0.2, 0) is 4.79 Å². The molecule has 2 bridgehead atoms. The molecule has 0 aliphatic heterocycles. The van der Waals surface area contributed by atoms with Gasteiger partial charge in [0, 0.05) is 0 Å². The summed E-state index contributed by atoms with van der Waals surface area (Å²) in [6.07, 6.45) is 5.26. The maximum absolute atomic E-state index is 10.4. The molecular weight excluding hydrogens is 128 g/mol. The lowest BCUT2D eigenvalue weighted by molar-refractivity contribution is -0.141. The third-order valence-corrected chi connectivity index (χ3v) is 3.05. The Balaban J connectivity index is 1.98. The summed E-state index contributed by atoms with van der Waals surface area (Å²) in [5.41, 5.74) is 0.260. The molecule has 0 atom stereocenters. The second kappa shape index (κ2) is 1.74. The number of carboxylic acids is 1. The van der Waals surface area contributed by atoms with Crippen molar-refractivity contribution in [2.75, 3.05) is 0 Å². The summed E-state index contributed by atoms with van der Waals surface area (Å²) >= 11 is 0. The van der Waals surface area contributed by atoms with E-state index < -0.39 is 5.97 Å². The fraction of sp³-hybridized carbons (Fsp3) is 0.875. The van der Waals surface area contributed by atoms with Gasteiger partial charge in [-0.3, -0.25) is 4.79 Å². The van der Waals surface area contributed by atoms with Gasteiger partial charge in [-0.1, -0.05) is 0 Å². The highest BCUT2D eigenvalue weighted by Crippen LogP contribution is 2.60. The third kappa shape index (κ3) is 0.746. The molecule has 3 fully saturated rings. The molecule has 0 aromatic heterocycles. The SMILES string of the molecule is O=C(O)CC12CCC(C1)C2. The van der Waals surface area contributed by atoms with E-state index in [0.717, 1.165) is 5.92 Å². The topological polar surface area (TPSA) is 37.3 Å². The molecule has 3 saturated carbocycles. The molecule has 0 aromatic carbocycles. The highest BCUT2D eigenvalue weighted by molar-refractivity contribution is 5.68. The van der Waals surface area contributed by atoms with Crippen molar-refractivity contribution in [1.29, 1.82) is 0 Å². The van der Waals surface area contributed by atoms with E-state index in [4.69, 9.17) is 5.11 Å². The molecule has 10 heavy (non-hydrogen) atoms. The molecule has 0 amide bonds. The normalized spacial score (nSPS) is 43.0. The van der Waals surface area contributed by atoms with Crippen molar-refractivity contribution in [2.24, 2.45) is 11.3 Å². The van der Waals surface area contributed by atoms with Gasteiger partial charge in [0.15, 0.2) is 0 Å². The number of hydrogen-bond donors (Lipinski definition) is 1. The molecule has 3 aliphatic rings. The third-order valence-electron chi connectivity index (χ3n) is 3.05. The molecule has 2 nitrogen and oxygen atoms in total. The predicted molar refractivity (Wildman–Crippen MR) is 36.6 cm³/mol. The Bertz CT molecular complexity index is 163. The predicted octanol–water partition coefficient (Wildman–Crippen LogP) is 1.65. The Hall–Kier alpha value is -0.530. The Morgan fingerprint density at radius 1 is 1.60 bits per heavy atom. The summed E-state index contributed by atoms with van der Waals surface area (Å²) in [6, 6.07) is 0. The zero-order valence-electron chi connectivity index (χ0n) is 5.97. The van der Waals surface area contributed by atoms with Crippen LogP contribution in [0.15, 0.2) is 0 Å². The van der Waals surface area contributed by atoms with Crippen LogP contribution in [0.2, 0.25) is 0 Å². The number of hydrogen-bond acceptors (Lipinski definition) is 1. The Kier molecular flexibility index (Phi) is 1.08. The van der Waals surface area contributed by atoms with E-state index in [-0.39, 0.29) is 5.41 Å². The molecule has 0 spiro atoms. The lowest BCUT2D eigenvalue weighted by Crippen LogP contribution is -2.30. The zero-order chi connectivity index (χ0) is 7.19. The van der Waals surface area contributed by atoms with Crippen LogP contribution in [-0.4, -0.2) is 11.1 Å². The van der Waals surface area contributed by atoms with Crippen molar-refractivity contribution in [1.82, 2.24) is 0 Å². The van der Waals surface area contributed by atoms with Crippen LogP contribution >= 0.6 is 0 Å². The number of fused-ring (bicyclic) bond motifs is 1. The van der Waals surface area contributed by atoms with Crippen molar-refractivity contribution >= 4 is 5.97 Å². The zero-order valence-corrected chi connectivity index (χ0v) is 5.97. The monoisotopic (exact) mass is 140 g/mol. The molecule has 2 heteroatoms.